The summed E-state index contributed by atoms with van der Waals surface area (Å²) in [7, 11) is 0. The molecule has 3 rings (SSSR count). The lowest BCUT2D eigenvalue weighted by atomic mass is 10.1. The highest BCUT2D eigenvalue weighted by Crippen LogP contribution is 2.20. The second kappa shape index (κ2) is 7.41. The van der Waals surface area contributed by atoms with E-state index in [0.29, 0.717) is 18.7 Å². The van der Waals surface area contributed by atoms with E-state index in [1.165, 1.54) is 0 Å². The molecular weight excluding hydrogens is 302 g/mol. The first-order valence-corrected chi connectivity index (χ1v) is 7.77. The maximum Gasteiger partial charge on any atom is 0.255 e. The number of H-pyrrole nitrogens is 1. The van der Waals surface area contributed by atoms with Crippen LogP contribution >= 0.6 is 0 Å². The van der Waals surface area contributed by atoms with Gasteiger partial charge in [0.2, 0.25) is 0 Å². The van der Waals surface area contributed by atoms with Crippen LogP contribution in [0.4, 0.5) is 5.69 Å². The van der Waals surface area contributed by atoms with Gasteiger partial charge in [0.1, 0.15) is 0 Å². The molecule has 24 heavy (non-hydrogen) atoms. The van der Waals surface area contributed by atoms with Crippen molar-refractivity contribution >= 4 is 11.6 Å². The molecule has 0 bridgehead atoms. The van der Waals surface area contributed by atoms with Crippen molar-refractivity contribution in [1.82, 2.24) is 20.5 Å². The lowest BCUT2D eigenvalue weighted by Gasteiger charge is -2.10. The normalized spacial score (nSPS) is 10.4. The van der Waals surface area contributed by atoms with Crippen LogP contribution in [0.2, 0.25) is 0 Å². The molecule has 1 amide bonds. The number of benzene rings is 1. The fourth-order valence-electron chi connectivity index (χ4n) is 2.42. The van der Waals surface area contributed by atoms with Gasteiger partial charge in [-0.25, -0.2) is 0 Å². The fourth-order valence-corrected chi connectivity index (χ4v) is 2.42. The molecule has 0 aliphatic rings. The molecule has 0 spiro atoms. The van der Waals surface area contributed by atoms with Crippen molar-refractivity contribution in [3.63, 3.8) is 0 Å². The molecule has 2 aromatic heterocycles. The number of nitrogens with one attached hydrogen (secondary N) is 3. The maximum atomic E-state index is 12.4. The smallest absolute Gasteiger partial charge is 0.255 e. The Labute approximate surface area is 140 Å². The van der Waals surface area contributed by atoms with Crippen LogP contribution in [0.5, 0.6) is 0 Å². The number of nitrogens with zero attached hydrogens (tertiary/aromatic N) is 2. The summed E-state index contributed by atoms with van der Waals surface area (Å²) < 4.78 is 0. The Hall–Kier alpha value is -3.15. The molecule has 1 aromatic carbocycles. The Morgan fingerprint density at radius 1 is 1.12 bits per heavy atom. The molecule has 6 nitrogen and oxygen atoms in total. The van der Waals surface area contributed by atoms with Gasteiger partial charge in [-0.05, 0) is 18.6 Å². The van der Waals surface area contributed by atoms with E-state index in [1.54, 1.807) is 18.6 Å². The average Bonchev–Trinajstić information content (AvgIpc) is 3.10. The molecule has 2 heterocycles. The number of rotatable bonds is 6. The van der Waals surface area contributed by atoms with Crippen molar-refractivity contribution in [2.24, 2.45) is 0 Å². The minimum atomic E-state index is -0.143. The monoisotopic (exact) mass is 321 g/mol. The molecule has 6 heteroatoms. The summed E-state index contributed by atoms with van der Waals surface area (Å²) >= 11 is 0. The Kier molecular flexibility index (Phi) is 4.86. The number of pyridine rings is 1. The zero-order chi connectivity index (χ0) is 16.8. The summed E-state index contributed by atoms with van der Waals surface area (Å²) in [6, 6.07) is 11.6. The van der Waals surface area contributed by atoms with Gasteiger partial charge >= 0.3 is 0 Å². The van der Waals surface area contributed by atoms with Crippen molar-refractivity contribution in [1.29, 1.82) is 0 Å². The summed E-state index contributed by atoms with van der Waals surface area (Å²) in [4.78, 5) is 16.4. The Bertz CT molecular complexity index is 813. The fraction of sp³-hybridized carbons (Fsp3) is 0.167. The predicted molar refractivity (Wildman–Crippen MR) is 93.8 cm³/mol. The van der Waals surface area contributed by atoms with Crippen LogP contribution in [0.15, 0.2) is 55.0 Å². The van der Waals surface area contributed by atoms with E-state index in [1.807, 2.05) is 43.3 Å². The number of hydrogen-bond donors (Lipinski definition) is 3. The highest BCUT2D eigenvalue weighted by molar-refractivity contribution is 5.99. The third kappa shape index (κ3) is 3.60. The highest BCUT2D eigenvalue weighted by atomic mass is 16.1. The molecule has 0 unspecified atom stereocenters. The van der Waals surface area contributed by atoms with Gasteiger partial charge < -0.3 is 10.6 Å². The van der Waals surface area contributed by atoms with E-state index in [9.17, 15) is 4.79 Å². The number of aromatic nitrogens is 3. The highest BCUT2D eigenvalue weighted by Gasteiger charge is 2.14. The number of anilines is 1. The predicted octanol–water partition coefficient (Wildman–Crippen LogP) is 2.62. The number of aromatic amines is 1. The minimum Gasteiger partial charge on any atom is -0.383 e. The number of carbonyl (C=O) groups excluding carboxylic acids is 1. The molecular formula is C18H19N5O. The van der Waals surface area contributed by atoms with Crippen LogP contribution in [-0.2, 0) is 0 Å². The van der Waals surface area contributed by atoms with Crippen LogP contribution in [0, 0.1) is 6.92 Å². The van der Waals surface area contributed by atoms with Gasteiger partial charge in [0.25, 0.3) is 5.91 Å². The van der Waals surface area contributed by atoms with Gasteiger partial charge in [0.05, 0.1) is 17.5 Å². The zero-order valence-electron chi connectivity index (χ0n) is 13.4. The van der Waals surface area contributed by atoms with Crippen LogP contribution in [-0.4, -0.2) is 34.2 Å². The van der Waals surface area contributed by atoms with Gasteiger partial charge in [-0.1, -0.05) is 30.3 Å². The van der Waals surface area contributed by atoms with Crippen LogP contribution in [0.3, 0.4) is 0 Å². The lowest BCUT2D eigenvalue weighted by molar-refractivity contribution is 0.0956. The third-order valence-electron chi connectivity index (χ3n) is 3.69. The van der Waals surface area contributed by atoms with E-state index in [-0.39, 0.29) is 5.91 Å². The van der Waals surface area contributed by atoms with Crippen molar-refractivity contribution < 1.29 is 4.79 Å². The second-order valence-corrected chi connectivity index (χ2v) is 5.40. The van der Waals surface area contributed by atoms with Crippen molar-refractivity contribution in [3.05, 3.63) is 66.1 Å². The molecule has 0 saturated carbocycles. The van der Waals surface area contributed by atoms with Gasteiger partial charge in [-0.2, -0.15) is 5.10 Å². The maximum absolute atomic E-state index is 12.4. The molecule has 0 aliphatic heterocycles. The average molecular weight is 321 g/mol. The quantitative estimate of drug-likeness (QED) is 0.610. The molecule has 3 aromatic rings. The van der Waals surface area contributed by atoms with E-state index in [4.69, 9.17) is 0 Å². The first-order chi connectivity index (χ1) is 11.8. The van der Waals surface area contributed by atoms with Crippen LogP contribution in [0.25, 0.3) is 11.3 Å². The molecule has 122 valence electrons. The molecule has 3 N–H and O–H groups in total. The van der Waals surface area contributed by atoms with Crippen molar-refractivity contribution in [2.75, 3.05) is 18.4 Å². The van der Waals surface area contributed by atoms with E-state index < -0.39 is 0 Å². The number of carbonyl (C=O) groups is 1. The van der Waals surface area contributed by atoms with E-state index in [2.05, 4.69) is 25.8 Å². The summed E-state index contributed by atoms with van der Waals surface area (Å²) in [5, 5.41) is 13.1. The molecule has 0 atom stereocenters. The van der Waals surface area contributed by atoms with Gasteiger partial charge in [-0.3, -0.25) is 14.9 Å². The SMILES string of the molecule is Cc1cnccc1NCCNC(=O)c1cn[nH]c1-c1ccccc1. The van der Waals surface area contributed by atoms with E-state index >= 15 is 0 Å². The van der Waals surface area contributed by atoms with Crippen molar-refractivity contribution in [3.8, 4) is 11.3 Å². The molecule has 0 saturated heterocycles. The third-order valence-corrected chi connectivity index (χ3v) is 3.69. The van der Waals surface area contributed by atoms with Gasteiger partial charge in [0, 0.05) is 36.7 Å². The molecule has 0 radical (unpaired) electrons. The molecule has 0 fully saturated rings. The summed E-state index contributed by atoms with van der Waals surface area (Å²) in [5.74, 6) is -0.143. The first kappa shape index (κ1) is 15.7. The summed E-state index contributed by atoms with van der Waals surface area (Å²) in [6.07, 6.45) is 5.10. The van der Waals surface area contributed by atoms with Crippen molar-refractivity contribution in [2.45, 2.75) is 6.92 Å². The zero-order valence-corrected chi connectivity index (χ0v) is 13.4. The van der Waals surface area contributed by atoms with Gasteiger partial charge in [-0.15, -0.1) is 0 Å². The van der Waals surface area contributed by atoms with E-state index in [0.717, 1.165) is 22.5 Å². The minimum absolute atomic E-state index is 0.143. The van der Waals surface area contributed by atoms with Gasteiger partial charge in [0.15, 0.2) is 0 Å². The largest absolute Gasteiger partial charge is 0.383 e. The Balaban J connectivity index is 1.57. The van der Waals surface area contributed by atoms with Crippen LogP contribution in [0.1, 0.15) is 15.9 Å². The first-order valence-electron chi connectivity index (χ1n) is 7.77. The number of hydrogen-bond acceptors (Lipinski definition) is 4. The molecule has 0 aliphatic carbocycles. The summed E-state index contributed by atoms with van der Waals surface area (Å²) in [5.41, 5.74) is 4.30. The number of aryl methyl sites for hydroxylation is 1. The number of amides is 1. The lowest BCUT2D eigenvalue weighted by Crippen LogP contribution is -2.29. The Morgan fingerprint density at radius 3 is 2.75 bits per heavy atom. The Morgan fingerprint density at radius 2 is 1.96 bits per heavy atom. The topological polar surface area (TPSA) is 82.7 Å². The summed E-state index contributed by atoms with van der Waals surface area (Å²) in [6.45, 7) is 3.14. The standard InChI is InChI=1S/C18H19N5O/c1-13-11-19-8-7-16(13)20-9-10-21-18(24)15-12-22-23-17(15)14-5-3-2-4-6-14/h2-8,11-12H,9-10H2,1H3,(H,19,20)(H,21,24)(H,22,23). The van der Waals surface area contributed by atoms with Crippen LogP contribution < -0.4 is 10.6 Å². The second-order valence-electron chi connectivity index (χ2n) is 5.40.